The molecule has 1 aromatic carbocycles. The minimum Gasteiger partial charge on any atom is -0.370 e. The minimum atomic E-state index is 0.714. The summed E-state index contributed by atoms with van der Waals surface area (Å²) in [4.78, 5) is 11.3. The van der Waals surface area contributed by atoms with Gasteiger partial charge in [0.25, 0.3) is 0 Å². The van der Waals surface area contributed by atoms with E-state index in [0.29, 0.717) is 5.96 Å². The number of benzene rings is 1. The number of guanidine groups is 1. The first kappa shape index (κ1) is 15.4. The molecule has 1 fully saturated rings. The normalized spacial score (nSPS) is 19.6. The van der Waals surface area contributed by atoms with Crippen LogP contribution in [-0.4, -0.2) is 68.1 Å². The third kappa shape index (κ3) is 3.84. The number of piperazine rings is 1. The van der Waals surface area contributed by atoms with E-state index in [1.54, 1.807) is 0 Å². The van der Waals surface area contributed by atoms with Crippen molar-refractivity contribution in [3.8, 4) is 0 Å². The summed E-state index contributed by atoms with van der Waals surface area (Å²) < 4.78 is 0. The lowest BCUT2D eigenvalue weighted by Crippen LogP contribution is -2.47. The number of nitrogens with zero attached hydrogens (tertiary/aromatic N) is 4. The van der Waals surface area contributed by atoms with Crippen LogP contribution >= 0.6 is 11.6 Å². The molecule has 0 bridgehead atoms. The van der Waals surface area contributed by atoms with Gasteiger partial charge in [0.1, 0.15) is 0 Å². The Labute approximate surface area is 137 Å². The standard InChI is InChI=1S/C16H24ClN5/c17-14-3-1-4-15(13-14)21-11-9-20(10-12-21)6-2-7-22-8-5-19-16(22)18/h1,3-4,13H,2,5-12H2,(H2,18,19). The first-order valence-corrected chi connectivity index (χ1v) is 8.38. The fourth-order valence-electron chi connectivity index (χ4n) is 3.11. The zero-order valence-corrected chi connectivity index (χ0v) is 13.7. The predicted molar refractivity (Wildman–Crippen MR) is 92.8 cm³/mol. The molecule has 0 spiro atoms. The smallest absolute Gasteiger partial charge is 0.191 e. The maximum absolute atomic E-state index is 6.07. The molecule has 2 aliphatic heterocycles. The van der Waals surface area contributed by atoms with Gasteiger partial charge in [-0.05, 0) is 31.2 Å². The molecule has 0 atom stereocenters. The third-order valence-corrected chi connectivity index (χ3v) is 4.65. The Morgan fingerprint density at radius 3 is 2.59 bits per heavy atom. The zero-order chi connectivity index (χ0) is 15.4. The van der Waals surface area contributed by atoms with Crippen molar-refractivity contribution < 1.29 is 0 Å². The van der Waals surface area contributed by atoms with Gasteiger partial charge in [-0.1, -0.05) is 17.7 Å². The van der Waals surface area contributed by atoms with Crippen LogP contribution in [0, 0.1) is 0 Å². The molecule has 6 heteroatoms. The van der Waals surface area contributed by atoms with Crippen LogP contribution in [0.1, 0.15) is 6.42 Å². The maximum Gasteiger partial charge on any atom is 0.191 e. The monoisotopic (exact) mass is 321 g/mol. The Morgan fingerprint density at radius 2 is 1.91 bits per heavy atom. The Morgan fingerprint density at radius 1 is 1.09 bits per heavy atom. The molecule has 1 saturated heterocycles. The summed E-state index contributed by atoms with van der Waals surface area (Å²) in [5.41, 5.74) is 7.07. The Kier molecular flexibility index (Phi) is 5.05. The van der Waals surface area contributed by atoms with Crippen LogP contribution in [0.4, 0.5) is 5.69 Å². The Bertz CT molecular complexity index is 525. The molecule has 2 aliphatic rings. The van der Waals surface area contributed by atoms with E-state index in [1.807, 2.05) is 18.2 Å². The van der Waals surface area contributed by atoms with Gasteiger partial charge in [0.05, 0.1) is 6.54 Å². The highest BCUT2D eigenvalue weighted by atomic mass is 35.5. The van der Waals surface area contributed by atoms with Crippen molar-refractivity contribution in [1.82, 2.24) is 9.80 Å². The molecule has 3 rings (SSSR count). The molecule has 120 valence electrons. The second-order valence-corrected chi connectivity index (χ2v) is 6.33. The molecular formula is C16H24ClN5. The van der Waals surface area contributed by atoms with E-state index in [2.05, 4.69) is 25.8 Å². The molecule has 2 N–H and O–H groups in total. The number of nitrogens with two attached hydrogens (primary N) is 1. The fourth-order valence-corrected chi connectivity index (χ4v) is 3.30. The van der Waals surface area contributed by atoms with Crippen LogP contribution in [0.3, 0.4) is 0 Å². The first-order chi connectivity index (χ1) is 10.7. The van der Waals surface area contributed by atoms with E-state index in [0.717, 1.165) is 63.8 Å². The number of hydrogen-bond donors (Lipinski definition) is 1. The van der Waals surface area contributed by atoms with Crippen LogP contribution < -0.4 is 10.6 Å². The SMILES string of the molecule is NC1=NCCN1CCCN1CCN(c2cccc(Cl)c2)CC1. The number of rotatable bonds is 5. The van der Waals surface area contributed by atoms with Crippen LogP contribution in [0.5, 0.6) is 0 Å². The number of anilines is 1. The van der Waals surface area contributed by atoms with Gasteiger partial charge in [0.2, 0.25) is 0 Å². The molecule has 1 aromatic rings. The van der Waals surface area contributed by atoms with Crippen molar-refractivity contribution in [2.24, 2.45) is 10.7 Å². The van der Waals surface area contributed by atoms with E-state index in [-0.39, 0.29) is 0 Å². The van der Waals surface area contributed by atoms with Crippen molar-refractivity contribution in [3.05, 3.63) is 29.3 Å². The molecule has 0 aliphatic carbocycles. The highest BCUT2D eigenvalue weighted by Gasteiger charge is 2.18. The first-order valence-electron chi connectivity index (χ1n) is 8.00. The molecule has 0 aromatic heterocycles. The number of aliphatic imine (C=N–C) groups is 1. The molecule has 0 saturated carbocycles. The van der Waals surface area contributed by atoms with E-state index in [9.17, 15) is 0 Å². The zero-order valence-electron chi connectivity index (χ0n) is 12.9. The van der Waals surface area contributed by atoms with Gasteiger partial charge in [0.15, 0.2) is 5.96 Å². The van der Waals surface area contributed by atoms with Crippen LogP contribution in [0.25, 0.3) is 0 Å². The van der Waals surface area contributed by atoms with Gasteiger partial charge in [-0.25, -0.2) is 0 Å². The lowest BCUT2D eigenvalue weighted by molar-refractivity contribution is 0.246. The summed E-state index contributed by atoms with van der Waals surface area (Å²) in [7, 11) is 0. The second kappa shape index (κ2) is 7.20. The van der Waals surface area contributed by atoms with Gasteiger partial charge >= 0.3 is 0 Å². The molecule has 0 amide bonds. The van der Waals surface area contributed by atoms with Gasteiger partial charge < -0.3 is 15.5 Å². The topological polar surface area (TPSA) is 48.1 Å². The van der Waals surface area contributed by atoms with Crippen molar-refractivity contribution in [2.75, 3.05) is 57.3 Å². The number of halogens is 1. The fraction of sp³-hybridized carbons (Fsp3) is 0.562. The van der Waals surface area contributed by atoms with E-state index < -0.39 is 0 Å². The largest absolute Gasteiger partial charge is 0.370 e. The molecule has 0 unspecified atom stereocenters. The lowest BCUT2D eigenvalue weighted by Gasteiger charge is -2.36. The van der Waals surface area contributed by atoms with Crippen molar-refractivity contribution in [1.29, 1.82) is 0 Å². The van der Waals surface area contributed by atoms with E-state index in [1.165, 1.54) is 5.69 Å². The van der Waals surface area contributed by atoms with Crippen LogP contribution in [0.15, 0.2) is 29.3 Å². The third-order valence-electron chi connectivity index (χ3n) is 4.42. The van der Waals surface area contributed by atoms with Gasteiger partial charge in [0, 0.05) is 50.0 Å². The summed E-state index contributed by atoms with van der Waals surface area (Å²) in [5.74, 6) is 0.714. The number of hydrogen-bond acceptors (Lipinski definition) is 5. The average Bonchev–Trinajstić information content (AvgIpc) is 2.93. The average molecular weight is 322 g/mol. The van der Waals surface area contributed by atoms with Crippen molar-refractivity contribution in [3.63, 3.8) is 0 Å². The Balaban J connectivity index is 1.39. The second-order valence-electron chi connectivity index (χ2n) is 5.89. The Hall–Kier alpha value is -1.46. The highest BCUT2D eigenvalue weighted by molar-refractivity contribution is 6.30. The van der Waals surface area contributed by atoms with Crippen LogP contribution in [-0.2, 0) is 0 Å². The summed E-state index contributed by atoms with van der Waals surface area (Å²) in [6, 6.07) is 8.13. The molecule has 2 heterocycles. The van der Waals surface area contributed by atoms with E-state index in [4.69, 9.17) is 17.3 Å². The molecular weight excluding hydrogens is 298 g/mol. The van der Waals surface area contributed by atoms with Gasteiger partial charge in [-0.15, -0.1) is 0 Å². The molecule has 5 nitrogen and oxygen atoms in total. The van der Waals surface area contributed by atoms with Crippen molar-refractivity contribution in [2.45, 2.75) is 6.42 Å². The van der Waals surface area contributed by atoms with Gasteiger partial charge in [-0.3, -0.25) is 9.89 Å². The quantitative estimate of drug-likeness (QED) is 0.892. The van der Waals surface area contributed by atoms with Crippen LogP contribution in [0.2, 0.25) is 5.02 Å². The van der Waals surface area contributed by atoms with E-state index >= 15 is 0 Å². The minimum absolute atomic E-state index is 0.714. The van der Waals surface area contributed by atoms with Crippen molar-refractivity contribution >= 4 is 23.2 Å². The maximum atomic E-state index is 6.07. The molecule has 0 radical (unpaired) electrons. The summed E-state index contributed by atoms with van der Waals surface area (Å²) in [6.07, 6.45) is 1.15. The lowest BCUT2D eigenvalue weighted by atomic mass is 10.2. The summed E-state index contributed by atoms with van der Waals surface area (Å²) in [5, 5.41) is 0.810. The molecule has 22 heavy (non-hydrogen) atoms. The summed E-state index contributed by atoms with van der Waals surface area (Å²) in [6.45, 7) is 8.32. The highest BCUT2D eigenvalue weighted by Crippen LogP contribution is 2.20. The van der Waals surface area contributed by atoms with Gasteiger partial charge in [-0.2, -0.15) is 0 Å². The summed E-state index contributed by atoms with van der Waals surface area (Å²) >= 11 is 6.07. The predicted octanol–water partition coefficient (Wildman–Crippen LogP) is 1.48.